The van der Waals surface area contributed by atoms with Crippen LogP contribution in [0.3, 0.4) is 0 Å². The normalized spacial score (nSPS) is 12.3. The van der Waals surface area contributed by atoms with E-state index in [0.29, 0.717) is 12.0 Å². The number of nitrogens with one attached hydrogen (secondary N) is 1. The summed E-state index contributed by atoms with van der Waals surface area (Å²) in [5.41, 5.74) is 0.577. The lowest BCUT2D eigenvalue weighted by molar-refractivity contribution is -0.142. The molecule has 1 atom stereocenters. The molecule has 0 aliphatic rings. The van der Waals surface area contributed by atoms with Crippen molar-refractivity contribution in [3.63, 3.8) is 0 Å². The molecule has 0 saturated carbocycles. The van der Waals surface area contributed by atoms with Gasteiger partial charge in [-0.25, -0.2) is 4.79 Å². The lowest BCUT2D eigenvalue weighted by atomic mass is 10.0. The van der Waals surface area contributed by atoms with E-state index in [1.54, 1.807) is 0 Å². The summed E-state index contributed by atoms with van der Waals surface area (Å²) in [7, 11) is 0. The Kier molecular flexibility index (Phi) is 6.75. The molecule has 1 rings (SSSR count). The number of halogens is 2. The van der Waals surface area contributed by atoms with Crippen LogP contribution in [0.2, 0.25) is 0 Å². The third kappa shape index (κ3) is 6.51. The maximum atomic E-state index is 12.0. The van der Waals surface area contributed by atoms with Crippen LogP contribution >= 0.6 is 0 Å². The van der Waals surface area contributed by atoms with Gasteiger partial charge in [-0.2, -0.15) is 8.78 Å². The quantitative estimate of drug-likeness (QED) is 0.772. The van der Waals surface area contributed by atoms with Gasteiger partial charge in [0.25, 0.3) is 0 Å². The first-order valence-electron chi connectivity index (χ1n) is 6.84. The minimum atomic E-state index is -2.90. The molecule has 0 fully saturated rings. The molecule has 5 nitrogen and oxygen atoms in total. The summed E-state index contributed by atoms with van der Waals surface area (Å²) in [5.74, 6) is -1.38. The Hall–Kier alpha value is -2.18. The van der Waals surface area contributed by atoms with Gasteiger partial charge in [-0.3, -0.25) is 4.79 Å². The molecule has 0 saturated heterocycles. The molecule has 1 aromatic rings. The number of hydrogen-bond acceptors (Lipinski definition) is 3. The largest absolute Gasteiger partial charge is 0.480 e. The van der Waals surface area contributed by atoms with Crippen molar-refractivity contribution in [2.75, 3.05) is 0 Å². The Bertz CT molecular complexity index is 503. The van der Waals surface area contributed by atoms with E-state index in [-0.39, 0.29) is 18.1 Å². The third-order valence-corrected chi connectivity index (χ3v) is 2.85. The fraction of sp³-hybridized carbons (Fsp3) is 0.467. The highest BCUT2D eigenvalue weighted by atomic mass is 19.3. The van der Waals surface area contributed by atoms with E-state index < -0.39 is 24.5 Å². The molecule has 0 aliphatic carbocycles. The van der Waals surface area contributed by atoms with Crippen LogP contribution in [0.1, 0.15) is 25.8 Å². The highest BCUT2D eigenvalue weighted by Gasteiger charge is 2.21. The van der Waals surface area contributed by atoms with Crippen LogP contribution < -0.4 is 10.1 Å². The van der Waals surface area contributed by atoms with Gasteiger partial charge in [0.1, 0.15) is 11.8 Å². The van der Waals surface area contributed by atoms with Gasteiger partial charge in [0, 0.05) is 0 Å². The molecule has 0 aliphatic heterocycles. The first-order valence-corrected chi connectivity index (χ1v) is 6.84. The zero-order chi connectivity index (χ0) is 16.7. The summed E-state index contributed by atoms with van der Waals surface area (Å²) >= 11 is 0. The lowest BCUT2D eigenvalue weighted by Crippen LogP contribution is -2.42. The number of benzene rings is 1. The van der Waals surface area contributed by atoms with Crippen LogP contribution in [0.25, 0.3) is 0 Å². The molecule has 0 heterocycles. The topological polar surface area (TPSA) is 75.6 Å². The Labute approximate surface area is 127 Å². The van der Waals surface area contributed by atoms with Crippen molar-refractivity contribution >= 4 is 11.9 Å². The summed E-state index contributed by atoms with van der Waals surface area (Å²) < 4.78 is 28.2. The van der Waals surface area contributed by atoms with Gasteiger partial charge in [-0.05, 0) is 30.0 Å². The van der Waals surface area contributed by atoms with Gasteiger partial charge in [-0.15, -0.1) is 0 Å². The molecule has 1 amide bonds. The third-order valence-electron chi connectivity index (χ3n) is 2.85. The van der Waals surface area contributed by atoms with E-state index in [0.717, 1.165) is 0 Å². The maximum Gasteiger partial charge on any atom is 0.387 e. The van der Waals surface area contributed by atoms with Crippen LogP contribution in [-0.4, -0.2) is 29.6 Å². The van der Waals surface area contributed by atoms with E-state index in [4.69, 9.17) is 5.11 Å². The van der Waals surface area contributed by atoms with E-state index in [9.17, 15) is 18.4 Å². The van der Waals surface area contributed by atoms with Gasteiger partial charge in [-0.1, -0.05) is 26.0 Å². The summed E-state index contributed by atoms with van der Waals surface area (Å²) in [6.07, 6.45) is 0.305. The molecule has 0 bridgehead atoms. The standard InChI is InChI=1S/C15H19F2NO4/c1-9(2)7-12(14(20)21)18-13(19)8-10-3-5-11(6-4-10)22-15(16)17/h3-6,9,12,15H,7-8H2,1-2H3,(H,18,19)(H,20,21)/t12-/m1/s1. The smallest absolute Gasteiger partial charge is 0.387 e. The molecular weight excluding hydrogens is 296 g/mol. The number of carboxylic acid groups (broad SMARTS) is 1. The number of ether oxygens (including phenoxy) is 1. The van der Waals surface area contributed by atoms with E-state index >= 15 is 0 Å². The maximum absolute atomic E-state index is 12.0. The first kappa shape index (κ1) is 17.9. The van der Waals surface area contributed by atoms with E-state index in [1.807, 2.05) is 13.8 Å². The van der Waals surface area contributed by atoms with Crippen molar-refractivity contribution in [3.8, 4) is 5.75 Å². The number of aliphatic carboxylic acids is 1. The second kappa shape index (κ2) is 8.31. The summed E-state index contributed by atoms with van der Waals surface area (Å²) in [6, 6.07) is 4.69. The van der Waals surface area contributed by atoms with Gasteiger partial charge >= 0.3 is 12.6 Å². The zero-order valence-electron chi connectivity index (χ0n) is 12.4. The predicted octanol–water partition coefficient (Wildman–Crippen LogP) is 2.45. The van der Waals surface area contributed by atoms with Crippen LogP contribution in [0.15, 0.2) is 24.3 Å². The van der Waals surface area contributed by atoms with Crippen molar-refractivity contribution in [1.29, 1.82) is 0 Å². The van der Waals surface area contributed by atoms with Gasteiger partial charge in [0.15, 0.2) is 0 Å². The summed E-state index contributed by atoms with van der Waals surface area (Å²) in [4.78, 5) is 22.9. The SMILES string of the molecule is CC(C)C[C@@H](NC(=O)Cc1ccc(OC(F)F)cc1)C(=O)O. The molecule has 0 spiro atoms. The average molecular weight is 315 g/mol. The second-order valence-corrected chi connectivity index (χ2v) is 5.29. The Morgan fingerprint density at radius 2 is 1.82 bits per heavy atom. The molecule has 0 aromatic heterocycles. The van der Waals surface area contributed by atoms with Gasteiger partial charge in [0.05, 0.1) is 6.42 Å². The van der Waals surface area contributed by atoms with E-state index in [2.05, 4.69) is 10.1 Å². The minimum Gasteiger partial charge on any atom is -0.480 e. The molecule has 1 aromatic carbocycles. The minimum absolute atomic E-state index is 0.00220. The molecule has 7 heteroatoms. The number of rotatable bonds is 8. The van der Waals surface area contributed by atoms with Crippen molar-refractivity contribution < 1.29 is 28.2 Å². The highest BCUT2D eigenvalue weighted by molar-refractivity contribution is 5.84. The fourth-order valence-corrected chi connectivity index (χ4v) is 1.91. The van der Waals surface area contributed by atoms with Crippen LogP contribution in [0.4, 0.5) is 8.78 Å². The molecule has 122 valence electrons. The molecule has 2 N–H and O–H groups in total. The number of carboxylic acids is 1. The first-order chi connectivity index (χ1) is 10.3. The van der Waals surface area contributed by atoms with Crippen LogP contribution in [-0.2, 0) is 16.0 Å². The molecule has 22 heavy (non-hydrogen) atoms. The van der Waals surface area contributed by atoms with Crippen molar-refractivity contribution in [2.24, 2.45) is 5.92 Å². The molecule has 0 unspecified atom stereocenters. The molecule has 0 radical (unpaired) electrons. The Balaban J connectivity index is 2.58. The summed E-state index contributed by atoms with van der Waals surface area (Å²) in [6.45, 7) is 0.828. The summed E-state index contributed by atoms with van der Waals surface area (Å²) in [5, 5.41) is 11.5. The Morgan fingerprint density at radius 1 is 1.23 bits per heavy atom. The van der Waals surface area contributed by atoms with Gasteiger partial charge < -0.3 is 15.2 Å². The lowest BCUT2D eigenvalue weighted by Gasteiger charge is -2.16. The molecular formula is C15H19F2NO4. The monoisotopic (exact) mass is 315 g/mol. The number of hydrogen-bond donors (Lipinski definition) is 2. The van der Waals surface area contributed by atoms with Crippen molar-refractivity contribution in [3.05, 3.63) is 29.8 Å². The van der Waals surface area contributed by atoms with Crippen LogP contribution in [0.5, 0.6) is 5.75 Å². The van der Waals surface area contributed by atoms with Crippen molar-refractivity contribution in [2.45, 2.75) is 39.3 Å². The second-order valence-electron chi connectivity index (χ2n) is 5.29. The highest BCUT2D eigenvalue weighted by Crippen LogP contribution is 2.15. The number of alkyl halides is 2. The Morgan fingerprint density at radius 3 is 2.27 bits per heavy atom. The average Bonchev–Trinajstić information content (AvgIpc) is 2.39. The van der Waals surface area contributed by atoms with Crippen molar-refractivity contribution in [1.82, 2.24) is 5.32 Å². The van der Waals surface area contributed by atoms with Gasteiger partial charge in [0.2, 0.25) is 5.91 Å². The van der Waals surface area contributed by atoms with E-state index in [1.165, 1.54) is 24.3 Å². The fourth-order valence-electron chi connectivity index (χ4n) is 1.91. The zero-order valence-corrected chi connectivity index (χ0v) is 12.4. The predicted molar refractivity (Wildman–Crippen MR) is 75.8 cm³/mol. The number of amides is 1. The number of carbonyl (C=O) groups excluding carboxylic acids is 1. The van der Waals surface area contributed by atoms with Crippen LogP contribution in [0, 0.1) is 5.92 Å². The number of carbonyl (C=O) groups is 2.